The van der Waals surface area contributed by atoms with Crippen molar-refractivity contribution in [3.63, 3.8) is 0 Å². The Morgan fingerprint density at radius 3 is 2.58 bits per heavy atom. The Hall–Kier alpha value is -1.38. The first-order chi connectivity index (χ1) is 12.4. The number of sulfonamides is 1. The Bertz CT molecular complexity index is 869. The number of halogens is 2. The first kappa shape index (κ1) is 19.4. The lowest BCUT2D eigenvalue weighted by molar-refractivity contribution is 0.0730. The molecule has 1 aromatic heterocycles. The number of aromatic nitrogens is 1. The first-order valence-corrected chi connectivity index (χ1v) is 10.3. The highest BCUT2D eigenvalue weighted by atomic mass is 35.5. The number of nitrogens with zero attached hydrogens (tertiary/aromatic N) is 2. The number of hydrogen-bond donors (Lipinski definition) is 1. The molecule has 26 heavy (non-hydrogen) atoms. The maximum Gasteiger partial charge on any atom is 0.244 e. The second-order valence-corrected chi connectivity index (χ2v) is 8.63. The van der Waals surface area contributed by atoms with E-state index >= 15 is 0 Å². The van der Waals surface area contributed by atoms with Crippen LogP contribution in [0.25, 0.3) is 0 Å². The van der Waals surface area contributed by atoms with Crippen LogP contribution in [0.5, 0.6) is 0 Å². The van der Waals surface area contributed by atoms with Crippen LogP contribution in [0.1, 0.15) is 18.5 Å². The van der Waals surface area contributed by atoms with Crippen LogP contribution in [-0.4, -0.2) is 44.0 Å². The number of rotatable bonds is 5. The molecule has 1 aliphatic rings. The number of benzene rings is 1. The zero-order valence-corrected chi connectivity index (χ0v) is 16.5. The summed E-state index contributed by atoms with van der Waals surface area (Å²) >= 11 is 12.3. The van der Waals surface area contributed by atoms with Gasteiger partial charge in [-0.25, -0.2) is 13.4 Å². The molecule has 1 unspecified atom stereocenters. The molecule has 3 rings (SSSR count). The van der Waals surface area contributed by atoms with Crippen LogP contribution in [0.15, 0.2) is 41.4 Å². The normalized spacial score (nSPS) is 17.0. The maximum atomic E-state index is 12.6. The summed E-state index contributed by atoms with van der Waals surface area (Å²) in [6.07, 6.45) is 1.36. The second kappa shape index (κ2) is 8.10. The summed E-state index contributed by atoms with van der Waals surface area (Å²) in [4.78, 5) is 4.40. The lowest BCUT2D eigenvalue weighted by Crippen LogP contribution is -2.40. The molecule has 1 fully saturated rings. The van der Waals surface area contributed by atoms with Crippen molar-refractivity contribution >= 4 is 39.0 Å². The number of morpholine rings is 1. The Morgan fingerprint density at radius 1 is 1.19 bits per heavy atom. The highest BCUT2D eigenvalue weighted by Crippen LogP contribution is 2.31. The zero-order chi connectivity index (χ0) is 18.7. The van der Waals surface area contributed by atoms with E-state index in [1.54, 1.807) is 18.2 Å². The van der Waals surface area contributed by atoms with Crippen LogP contribution in [0, 0.1) is 0 Å². The lowest BCUT2D eigenvalue weighted by Gasteiger charge is -2.26. The van der Waals surface area contributed by atoms with Gasteiger partial charge in [0.2, 0.25) is 10.0 Å². The number of nitrogens with one attached hydrogen (secondary N) is 1. The van der Waals surface area contributed by atoms with Crippen LogP contribution in [0.4, 0.5) is 5.82 Å². The van der Waals surface area contributed by atoms with Gasteiger partial charge >= 0.3 is 0 Å². The van der Waals surface area contributed by atoms with Gasteiger partial charge in [0.25, 0.3) is 0 Å². The number of pyridine rings is 1. The van der Waals surface area contributed by atoms with Gasteiger partial charge in [0.05, 0.1) is 29.3 Å². The van der Waals surface area contributed by atoms with Crippen LogP contribution < -0.4 is 5.32 Å². The van der Waals surface area contributed by atoms with Crippen LogP contribution in [0.2, 0.25) is 10.0 Å². The molecule has 6 nitrogen and oxygen atoms in total. The van der Waals surface area contributed by atoms with Crippen molar-refractivity contribution in [2.75, 3.05) is 31.6 Å². The van der Waals surface area contributed by atoms with Gasteiger partial charge in [-0.05, 0) is 30.7 Å². The molecule has 9 heteroatoms. The van der Waals surface area contributed by atoms with E-state index in [-0.39, 0.29) is 10.9 Å². The van der Waals surface area contributed by atoms with Crippen LogP contribution in [-0.2, 0) is 14.8 Å². The fourth-order valence-electron chi connectivity index (χ4n) is 2.71. The van der Waals surface area contributed by atoms with Gasteiger partial charge in [-0.15, -0.1) is 0 Å². The molecule has 0 bridgehead atoms. The fourth-order valence-corrected chi connectivity index (χ4v) is 4.53. The third kappa shape index (κ3) is 4.13. The molecule has 2 aromatic rings. The summed E-state index contributed by atoms with van der Waals surface area (Å²) in [5.74, 6) is 0.550. The summed E-state index contributed by atoms with van der Waals surface area (Å²) in [6.45, 7) is 3.45. The Morgan fingerprint density at radius 2 is 1.92 bits per heavy atom. The van der Waals surface area contributed by atoms with Gasteiger partial charge in [-0.3, -0.25) is 0 Å². The molecule has 0 radical (unpaired) electrons. The third-order valence-electron chi connectivity index (χ3n) is 4.16. The van der Waals surface area contributed by atoms with Crippen molar-refractivity contribution in [3.05, 3.63) is 52.1 Å². The highest BCUT2D eigenvalue weighted by Gasteiger charge is 2.26. The van der Waals surface area contributed by atoms with Gasteiger partial charge in [0.15, 0.2) is 0 Å². The summed E-state index contributed by atoms with van der Waals surface area (Å²) < 4.78 is 31.8. The van der Waals surface area contributed by atoms with Crippen molar-refractivity contribution in [1.82, 2.24) is 9.29 Å². The van der Waals surface area contributed by atoms with Gasteiger partial charge < -0.3 is 10.1 Å². The molecule has 2 heterocycles. The molecule has 140 valence electrons. The minimum atomic E-state index is -3.55. The molecule has 0 saturated carbocycles. The molecule has 1 atom stereocenters. The van der Waals surface area contributed by atoms with Crippen LogP contribution >= 0.6 is 23.2 Å². The second-order valence-electron chi connectivity index (χ2n) is 5.90. The SMILES string of the molecule is CC(Nc1ccc(S(=O)(=O)N2CCOCC2)cn1)c1cccc(Cl)c1Cl. The Kier molecular flexibility index (Phi) is 6.04. The van der Waals surface area contributed by atoms with E-state index in [0.717, 1.165) is 5.56 Å². The smallest absolute Gasteiger partial charge is 0.244 e. The summed E-state index contributed by atoms with van der Waals surface area (Å²) in [5, 5.41) is 4.17. The number of hydrogen-bond acceptors (Lipinski definition) is 5. The summed E-state index contributed by atoms with van der Waals surface area (Å²) in [7, 11) is -3.55. The van der Waals surface area contributed by atoms with E-state index in [2.05, 4.69) is 10.3 Å². The zero-order valence-electron chi connectivity index (χ0n) is 14.2. The van der Waals surface area contributed by atoms with Crippen molar-refractivity contribution in [2.45, 2.75) is 17.9 Å². The standard InChI is InChI=1S/C17H19Cl2N3O3S/c1-12(14-3-2-4-15(18)17(14)19)21-16-6-5-13(11-20-16)26(23,24)22-7-9-25-10-8-22/h2-6,11-12H,7-10H2,1H3,(H,20,21). The predicted molar refractivity (Wildman–Crippen MR) is 102 cm³/mol. The molecule has 1 N–H and O–H groups in total. The largest absolute Gasteiger partial charge is 0.379 e. The molecule has 1 aromatic carbocycles. The average molecular weight is 416 g/mol. The van der Waals surface area contributed by atoms with Crippen molar-refractivity contribution in [3.8, 4) is 0 Å². The molecule has 0 amide bonds. The maximum absolute atomic E-state index is 12.6. The van der Waals surface area contributed by atoms with Gasteiger partial charge in [0, 0.05) is 19.3 Å². The van der Waals surface area contributed by atoms with Gasteiger partial charge in [-0.2, -0.15) is 4.31 Å². The number of anilines is 1. The average Bonchev–Trinajstić information content (AvgIpc) is 2.65. The van der Waals surface area contributed by atoms with Crippen molar-refractivity contribution < 1.29 is 13.2 Å². The van der Waals surface area contributed by atoms with E-state index in [1.165, 1.54) is 10.5 Å². The quantitative estimate of drug-likeness (QED) is 0.807. The third-order valence-corrected chi connectivity index (χ3v) is 6.87. The molecule has 1 aliphatic heterocycles. The minimum absolute atomic E-state index is 0.143. The van der Waals surface area contributed by atoms with E-state index in [9.17, 15) is 8.42 Å². The van der Waals surface area contributed by atoms with Crippen molar-refractivity contribution in [2.24, 2.45) is 0 Å². The summed E-state index contributed by atoms with van der Waals surface area (Å²) in [6, 6.07) is 8.48. The molecule has 1 saturated heterocycles. The lowest BCUT2D eigenvalue weighted by atomic mass is 10.1. The van der Waals surface area contributed by atoms with Gasteiger partial charge in [0.1, 0.15) is 10.7 Å². The monoisotopic (exact) mass is 415 g/mol. The molecule has 0 spiro atoms. The number of ether oxygens (including phenoxy) is 1. The minimum Gasteiger partial charge on any atom is -0.379 e. The summed E-state index contributed by atoms with van der Waals surface area (Å²) in [5.41, 5.74) is 0.839. The van der Waals surface area contributed by atoms with E-state index in [1.807, 2.05) is 19.1 Å². The van der Waals surface area contributed by atoms with E-state index in [0.29, 0.717) is 42.2 Å². The van der Waals surface area contributed by atoms with Crippen molar-refractivity contribution in [1.29, 1.82) is 0 Å². The molecule has 0 aliphatic carbocycles. The highest BCUT2D eigenvalue weighted by molar-refractivity contribution is 7.89. The van der Waals surface area contributed by atoms with E-state index in [4.69, 9.17) is 27.9 Å². The first-order valence-electron chi connectivity index (χ1n) is 8.14. The van der Waals surface area contributed by atoms with Gasteiger partial charge in [-0.1, -0.05) is 35.3 Å². The Balaban J connectivity index is 1.74. The predicted octanol–water partition coefficient (Wildman–Crippen LogP) is 3.58. The van der Waals surface area contributed by atoms with E-state index < -0.39 is 10.0 Å². The van der Waals surface area contributed by atoms with Crippen LogP contribution in [0.3, 0.4) is 0 Å². The fraction of sp³-hybridized carbons (Fsp3) is 0.353. The molecular weight excluding hydrogens is 397 g/mol. The topological polar surface area (TPSA) is 71.5 Å². The molecular formula is C17H19Cl2N3O3S. The Labute approximate surface area is 163 Å².